The van der Waals surface area contributed by atoms with Crippen LogP contribution in [0.4, 0.5) is 21.9 Å². The number of amides is 4. The summed E-state index contributed by atoms with van der Waals surface area (Å²) in [4.78, 5) is 52.1. The molecule has 0 radical (unpaired) electrons. The summed E-state index contributed by atoms with van der Waals surface area (Å²) in [7, 11) is 0. The van der Waals surface area contributed by atoms with Crippen LogP contribution in [0.3, 0.4) is 0 Å². The average Bonchev–Trinajstić information content (AvgIpc) is 2.82. The van der Waals surface area contributed by atoms with E-state index in [2.05, 4.69) is 10.6 Å². The quantitative estimate of drug-likeness (QED) is 0.310. The minimum atomic E-state index is -0.843. The lowest BCUT2D eigenvalue weighted by Crippen LogP contribution is -2.54. The molecule has 10 heteroatoms. The van der Waals surface area contributed by atoms with Crippen molar-refractivity contribution in [1.29, 1.82) is 0 Å². The number of hydrogen-bond donors (Lipinski definition) is 2. The number of carbonyl (C=O) groups excluding carboxylic acids is 3. The van der Waals surface area contributed by atoms with E-state index in [4.69, 9.17) is 0 Å². The highest BCUT2D eigenvalue weighted by Gasteiger charge is 2.37. The number of non-ortho nitro benzene ring substituents is 1. The van der Waals surface area contributed by atoms with E-state index in [0.717, 1.165) is 30.0 Å². The summed E-state index contributed by atoms with van der Waals surface area (Å²) < 4.78 is 0. The smallest absolute Gasteiger partial charge is 0.335 e. The van der Waals surface area contributed by atoms with Crippen LogP contribution in [0.15, 0.2) is 48.0 Å². The summed E-state index contributed by atoms with van der Waals surface area (Å²) in [5.74, 6) is -1.63. The molecule has 2 aromatic carbocycles. The number of piperazine rings is 1. The third-order valence-corrected chi connectivity index (χ3v) is 5.68. The van der Waals surface area contributed by atoms with Crippen LogP contribution in [0, 0.1) is 10.1 Å². The highest BCUT2D eigenvalue weighted by molar-refractivity contribution is 6.39. The van der Waals surface area contributed by atoms with Crippen molar-refractivity contribution in [3.63, 3.8) is 0 Å². The van der Waals surface area contributed by atoms with E-state index in [-0.39, 0.29) is 11.3 Å². The van der Waals surface area contributed by atoms with Gasteiger partial charge in [0.2, 0.25) is 0 Å². The summed E-state index contributed by atoms with van der Waals surface area (Å²) in [5.41, 5.74) is 1.96. The van der Waals surface area contributed by atoms with Gasteiger partial charge in [0.1, 0.15) is 5.57 Å². The molecule has 0 unspecified atom stereocenters. The average molecular weight is 449 g/mol. The third-order valence-electron chi connectivity index (χ3n) is 5.68. The first-order valence-corrected chi connectivity index (χ1v) is 10.6. The van der Waals surface area contributed by atoms with Crippen molar-refractivity contribution in [1.82, 2.24) is 10.6 Å². The zero-order valence-electron chi connectivity index (χ0n) is 18.0. The lowest BCUT2D eigenvalue weighted by atomic mass is 10.0. The van der Waals surface area contributed by atoms with Crippen LogP contribution >= 0.6 is 0 Å². The molecule has 10 nitrogen and oxygen atoms in total. The van der Waals surface area contributed by atoms with Gasteiger partial charge in [-0.1, -0.05) is 19.1 Å². The number of benzene rings is 2. The number of rotatable bonds is 5. The van der Waals surface area contributed by atoms with E-state index in [0.29, 0.717) is 30.0 Å². The number of anilines is 2. The molecule has 4 rings (SSSR count). The molecule has 0 bridgehead atoms. The molecule has 2 aliphatic rings. The van der Waals surface area contributed by atoms with Gasteiger partial charge in [-0.2, -0.15) is 0 Å². The van der Waals surface area contributed by atoms with Crippen molar-refractivity contribution in [2.75, 3.05) is 36.0 Å². The summed E-state index contributed by atoms with van der Waals surface area (Å²) in [6.45, 7) is 4.80. The Kier molecular flexibility index (Phi) is 6.18. The van der Waals surface area contributed by atoms with E-state index in [9.17, 15) is 24.5 Å². The predicted molar refractivity (Wildman–Crippen MR) is 123 cm³/mol. The number of urea groups is 1. The molecule has 0 aliphatic carbocycles. The Labute approximate surface area is 190 Å². The number of nitrogens with zero attached hydrogens (tertiary/aromatic N) is 3. The second-order valence-corrected chi connectivity index (χ2v) is 7.72. The SMILES string of the molecule is CCc1ccc(N2C(=O)NC(=O)/C(=C/c3cc([N+](=O)[O-])ccc3N3CCNCC3)C2=O)cc1. The van der Waals surface area contributed by atoms with Gasteiger partial charge in [-0.15, -0.1) is 0 Å². The zero-order valence-corrected chi connectivity index (χ0v) is 18.0. The van der Waals surface area contributed by atoms with E-state index >= 15 is 0 Å². The molecule has 2 fully saturated rings. The number of imide groups is 2. The Balaban J connectivity index is 1.76. The van der Waals surface area contributed by atoms with Crippen molar-refractivity contribution < 1.29 is 19.3 Å². The maximum absolute atomic E-state index is 13.2. The molecule has 4 amide bonds. The number of nitro benzene ring substituents is 1. The topological polar surface area (TPSA) is 125 Å². The van der Waals surface area contributed by atoms with Crippen molar-refractivity contribution in [3.05, 3.63) is 69.3 Å². The van der Waals surface area contributed by atoms with Gasteiger partial charge in [0.15, 0.2) is 0 Å². The predicted octanol–water partition coefficient (Wildman–Crippen LogP) is 2.23. The highest BCUT2D eigenvalue weighted by atomic mass is 16.6. The standard InChI is InChI=1S/C23H23N5O5/c1-2-15-3-5-17(6-4-15)27-22(30)19(21(29)25-23(27)31)14-16-13-18(28(32)33)7-8-20(16)26-11-9-24-10-12-26/h3-8,13-14,24H,2,9-12H2,1H3,(H,25,29,31)/b19-14-. The van der Waals surface area contributed by atoms with E-state index in [1.54, 1.807) is 30.3 Å². The molecule has 2 N–H and O–H groups in total. The van der Waals surface area contributed by atoms with Gasteiger partial charge in [0.25, 0.3) is 17.5 Å². The van der Waals surface area contributed by atoms with Gasteiger partial charge in [-0.05, 0) is 36.3 Å². The number of aryl methyl sites for hydroxylation is 1. The van der Waals surface area contributed by atoms with Crippen molar-refractivity contribution in [2.45, 2.75) is 13.3 Å². The second-order valence-electron chi connectivity index (χ2n) is 7.72. The largest absolute Gasteiger partial charge is 0.368 e. The van der Waals surface area contributed by atoms with Gasteiger partial charge < -0.3 is 10.2 Å². The molecule has 0 spiro atoms. The van der Waals surface area contributed by atoms with Crippen molar-refractivity contribution >= 4 is 41.0 Å². The van der Waals surface area contributed by atoms with Crippen molar-refractivity contribution in [2.24, 2.45) is 0 Å². The lowest BCUT2D eigenvalue weighted by Gasteiger charge is -2.31. The summed E-state index contributed by atoms with van der Waals surface area (Å²) in [6, 6.07) is 10.4. The first-order valence-electron chi connectivity index (χ1n) is 10.6. The molecule has 2 heterocycles. The first kappa shape index (κ1) is 22.2. The van der Waals surface area contributed by atoms with Gasteiger partial charge >= 0.3 is 6.03 Å². The second kappa shape index (κ2) is 9.21. The number of nitro groups is 1. The Morgan fingerprint density at radius 2 is 1.76 bits per heavy atom. The van der Waals surface area contributed by atoms with Crippen LogP contribution in [0.2, 0.25) is 0 Å². The van der Waals surface area contributed by atoms with Crippen LogP contribution in [-0.2, 0) is 16.0 Å². The van der Waals surface area contributed by atoms with Gasteiger partial charge in [-0.3, -0.25) is 25.0 Å². The van der Waals surface area contributed by atoms with E-state index < -0.39 is 22.8 Å². The van der Waals surface area contributed by atoms with E-state index in [1.807, 2.05) is 11.8 Å². The summed E-state index contributed by atoms with van der Waals surface area (Å²) >= 11 is 0. The summed E-state index contributed by atoms with van der Waals surface area (Å²) in [5, 5.41) is 16.8. The molecule has 2 aromatic rings. The molecule has 2 saturated heterocycles. The van der Waals surface area contributed by atoms with Crippen LogP contribution in [0.25, 0.3) is 6.08 Å². The molecule has 33 heavy (non-hydrogen) atoms. The highest BCUT2D eigenvalue weighted by Crippen LogP contribution is 2.30. The van der Waals surface area contributed by atoms with Crippen LogP contribution in [0.1, 0.15) is 18.1 Å². The normalized spacial score (nSPS) is 18.0. The van der Waals surface area contributed by atoms with Gasteiger partial charge in [0, 0.05) is 49.6 Å². The molecule has 0 aromatic heterocycles. The Morgan fingerprint density at radius 1 is 1.06 bits per heavy atom. The first-order chi connectivity index (χ1) is 15.9. The molecular formula is C23H23N5O5. The molecule has 0 atom stereocenters. The Hall–Kier alpha value is -4.05. The van der Waals surface area contributed by atoms with Crippen LogP contribution < -0.4 is 20.4 Å². The molecule has 170 valence electrons. The molecule has 0 saturated carbocycles. The van der Waals surface area contributed by atoms with Crippen molar-refractivity contribution in [3.8, 4) is 0 Å². The maximum atomic E-state index is 13.2. The fraction of sp³-hybridized carbons (Fsp3) is 0.261. The third kappa shape index (κ3) is 4.46. The molecule has 2 aliphatic heterocycles. The fourth-order valence-electron chi connectivity index (χ4n) is 3.89. The Morgan fingerprint density at radius 3 is 2.39 bits per heavy atom. The number of nitrogens with one attached hydrogen (secondary N) is 2. The molecular weight excluding hydrogens is 426 g/mol. The minimum absolute atomic E-state index is 0.160. The Bertz CT molecular complexity index is 1150. The summed E-state index contributed by atoms with van der Waals surface area (Å²) in [6.07, 6.45) is 2.12. The minimum Gasteiger partial charge on any atom is -0.368 e. The maximum Gasteiger partial charge on any atom is 0.335 e. The fourth-order valence-corrected chi connectivity index (χ4v) is 3.89. The van der Waals surface area contributed by atoms with Crippen LogP contribution in [-0.4, -0.2) is 48.9 Å². The number of barbiturate groups is 1. The monoisotopic (exact) mass is 449 g/mol. The van der Waals surface area contributed by atoms with Gasteiger partial charge in [0.05, 0.1) is 10.6 Å². The number of hydrogen-bond acceptors (Lipinski definition) is 7. The lowest BCUT2D eigenvalue weighted by molar-refractivity contribution is -0.384. The van der Waals surface area contributed by atoms with Crippen LogP contribution in [0.5, 0.6) is 0 Å². The van der Waals surface area contributed by atoms with Gasteiger partial charge in [-0.25, -0.2) is 9.69 Å². The zero-order chi connectivity index (χ0) is 23.5. The van der Waals surface area contributed by atoms with E-state index in [1.165, 1.54) is 18.2 Å². The number of carbonyl (C=O) groups is 3.